The molecule has 148 valence electrons. The smallest absolute Gasteiger partial charge is 0.406 e. The molecule has 0 atom stereocenters. The third kappa shape index (κ3) is 4.51. The zero-order chi connectivity index (χ0) is 20.4. The SMILES string of the molecule is Cn1c(SCc2ccc(OC(F)(F)F)cc2)nnc1-c1ccc2ncccc2c1. The summed E-state index contributed by atoms with van der Waals surface area (Å²) < 4.78 is 42.5. The molecular formula is C20H15F3N4OS. The maximum atomic E-state index is 12.2. The van der Waals surface area contributed by atoms with Gasteiger partial charge >= 0.3 is 6.36 Å². The molecule has 2 heterocycles. The number of fused-ring (bicyclic) bond motifs is 1. The minimum atomic E-state index is -4.69. The van der Waals surface area contributed by atoms with Crippen molar-refractivity contribution in [3.05, 3.63) is 66.4 Å². The third-order valence-corrected chi connectivity index (χ3v) is 5.31. The fraction of sp³-hybridized carbons (Fsp3) is 0.150. The maximum Gasteiger partial charge on any atom is 0.573 e. The van der Waals surface area contributed by atoms with Crippen molar-refractivity contribution in [1.82, 2.24) is 19.7 Å². The van der Waals surface area contributed by atoms with Crippen LogP contribution in [-0.2, 0) is 12.8 Å². The van der Waals surface area contributed by atoms with Crippen molar-refractivity contribution in [2.24, 2.45) is 7.05 Å². The first-order valence-electron chi connectivity index (χ1n) is 8.61. The molecular weight excluding hydrogens is 401 g/mol. The molecule has 0 radical (unpaired) electrons. The summed E-state index contributed by atoms with van der Waals surface area (Å²) in [6, 6.07) is 15.6. The van der Waals surface area contributed by atoms with Gasteiger partial charge in [-0.3, -0.25) is 4.98 Å². The lowest BCUT2D eigenvalue weighted by Crippen LogP contribution is -2.16. The van der Waals surface area contributed by atoms with Crippen LogP contribution >= 0.6 is 11.8 Å². The van der Waals surface area contributed by atoms with Crippen LogP contribution in [-0.4, -0.2) is 26.1 Å². The van der Waals surface area contributed by atoms with E-state index in [4.69, 9.17) is 0 Å². The van der Waals surface area contributed by atoms with Crippen molar-refractivity contribution >= 4 is 22.7 Å². The minimum Gasteiger partial charge on any atom is -0.406 e. The number of nitrogens with zero attached hydrogens (tertiary/aromatic N) is 4. The lowest BCUT2D eigenvalue weighted by atomic mass is 10.1. The van der Waals surface area contributed by atoms with Crippen molar-refractivity contribution in [3.63, 3.8) is 0 Å². The first-order valence-corrected chi connectivity index (χ1v) is 9.60. The van der Waals surface area contributed by atoms with Gasteiger partial charge in [-0.05, 0) is 42.0 Å². The number of hydrogen-bond acceptors (Lipinski definition) is 5. The third-order valence-electron chi connectivity index (χ3n) is 4.22. The maximum absolute atomic E-state index is 12.2. The molecule has 0 spiro atoms. The number of rotatable bonds is 5. The quantitative estimate of drug-likeness (QED) is 0.418. The summed E-state index contributed by atoms with van der Waals surface area (Å²) in [6.45, 7) is 0. The van der Waals surface area contributed by atoms with Crippen molar-refractivity contribution in [2.45, 2.75) is 17.3 Å². The van der Waals surface area contributed by atoms with E-state index in [0.717, 1.165) is 27.9 Å². The Morgan fingerprint density at radius 1 is 1.03 bits per heavy atom. The average Bonchev–Trinajstić information content (AvgIpc) is 3.06. The van der Waals surface area contributed by atoms with Crippen LogP contribution in [0.2, 0.25) is 0 Å². The Kier molecular flexibility index (Phi) is 5.14. The Morgan fingerprint density at radius 2 is 1.83 bits per heavy atom. The summed E-state index contributed by atoms with van der Waals surface area (Å²) >= 11 is 1.45. The highest BCUT2D eigenvalue weighted by Gasteiger charge is 2.30. The van der Waals surface area contributed by atoms with E-state index in [1.807, 2.05) is 41.9 Å². The van der Waals surface area contributed by atoms with Gasteiger partial charge < -0.3 is 9.30 Å². The van der Waals surface area contributed by atoms with Crippen LogP contribution in [0.5, 0.6) is 5.75 Å². The molecule has 5 nitrogen and oxygen atoms in total. The van der Waals surface area contributed by atoms with Crippen LogP contribution in [0.25, 0.3) is 22.3 Å². The van der Waals surface area contributed by atoms with Gasteiger partial charge in [0.25, 0.3) is 0 Å². The van der Waals surface area contributed by atoms with Crippen LogP contribution in [0.3, 0.4) is 0 Å². The number of thioether (sulfide) groups is 1. The summed E-state index contributed by atoms with van der Waals surface area (Å²) in [4.78, 5) is 4.31. The number of benzene rings is 2. The number of hydrogen-bond donors (Lipinski definition) is 0. The van der Waals surface area contributed by atoms with Crippen LogP contribution in [0, 0.1) is 0 Å². The van der Waals surface area contributed by atoms with E-state index in [1.165, 1.54) is 23.9 Å². The molecule has 0 N–H and O–H groups in total. The van der Waals surface area contributed by atoms with Gasteiger partial charge in [0.1, 0.15) is 5.75 Å². The zero-order valence-corrected chi connectivity index (χ0v) is 16.0. The van der Waals surface area contributed by atoms with Gasteiger partial charge in [-0.25, -0.2) is 0 Å². The van der Waals surface area contributed by atoms with E-state index >= 15 is 0 Å². The standard InChI is InChI=1S/C20H15F3N4OS/c1-27-18(15-6-9-17-14(11-15)3-2-10-24-17)25-26-19(27)29-12-13-4-7-16(8-5-13)28-20(21,22)23/h2-11H,12H2,1H3. The summed E-state index contributed by atoms with van der Waals surface area (Å²) in [6.07, 6.45) is -2.94. The molecule has 0 amide bonds. The Labute approximate surface area is 168 Å². The van der Waals surface area contributed by atoms with E-state index in [1.54, 1.807) is 18.3 Å². The molecule has 2 aromatic carbocycles. The van der Waals surface area contributed by atoms with Crippen LogP contribution < -0.4 is 4.74 Å². The number of halogens is 3. The van der Waals surface area contributed by atoms with Gasteiger partial charge in [-0.15, -0.1) is 23.4 Å². The van der Waals surface area contributed by atoms with Gasteiger partial charge in [0, 0.05) is 29.9 Å². The van der Waals surface area contributed by atoms with Crippen LogP contribution in [0.4, 0.5) is 13.2 Å². The van der Waals surface area contributed by atoms with Crippen molar-refractivity contribution in [1.29, 1.82) is 0 Å². The Balaban J connectivity index is 1.47. The number of aromatic nitrogens is 4. The molecule has 0 bridgehead atoms. The second-order valence-electron chi connectivity index (χ2n) is 6.26. The second kappa shape index (κ2) is 7.75. The average molecular weight is 416 g/mol. The first-order chi connectivity index (χ1) is 13.9. The molecule has 0 unspecified atom stereocenters. The second-order valence-corrected chi connectivity index (χ2v) is 7.20. The van der Waals surface area contributed by atoms with E-state index < -0.39 is 6.36 Å². The topological polar surface area (TPSA) is 52.8 Å². The van der Waals surface area contributed by atoms with Gasteiger partial charge in [-0.2, -0.15) is 0 Å². The van der Waals surface area contributed by atoms with Gasteiger partial charge in [0.05, 0.1) is 5.52 Å². The molecule has 0 aliphatic heterocycles. The molecule has 0 fully saturated rings. The normalized spacial score (nSPS) is 11.7. The minimum absolute atomic E-state index is 0.238. The number of pyridine rings is 1. The predicted octanol–water partition coefficient (Wildman–Crippen LogP) is 5.22. The Morgan fingerprint density at radius 3 is 2.59 bits per heavy atom. The molecule has 0 saturated heterocycles. The zero-order valence-electron chi connectivity index (χ0n) is 15.2. The highest BCUT2D eigenvalue weighted by atomic mass is 32.2. The lowest BCUT2D eigenvalue weighted by Gasteiger charge is -2.09. The van der Waals surface area contributed by atoms with Crippen molar-refractivity contribution in [2.75, 3.05) is 0 Å². The molecule has 4 aromatic rings. The van der Waals surface area contributed by atoms with E-state index in [9.17, 15) is 13.2 Å². The van der Waals surface area contributed by atoms with Crippen molar-refractivity contribution in [3.8, 4) is 17.1 Å². The van der Waals surface area contributed by atoms with E-state index in [-0.39, 0.29) is 5.75 Å². The van der Waals surface area contributed by atoms with Crippen LogP contribution in [0.15, 0.2) is 66.0 Å². The van der Waals surface area contributed by atoms with Gasteiger partial charge in [0.2, 0.25) is 0 Å². The molecule has 2 aromatic heterocycles. The monoisotopic (exact) mass is 416 g/mol. The predicted molar refractivity (Wildman–Crippen MR) is 104 cm³/mol. The summed E-state index contributed by atoms with van der Waals surface area (Å²) in [7, 11) is 1.88. The number of ether oxygens (including phenoxy) is 1. The Hall–Kier alpha value is -3.07. The summed E-state index contributed by atoms with van der Waals surface area (Å²) in [5.74, 6) is 1.03. The molecule has 9 heteroatoms. The van der Waals surface area contributed by atoms with E-state index in [2.05, 4.69) is 19.9 Å². The highest BCUT2D eigenvalue weighted by molar-refractivity contribution is 7.98. The van der Waals surface area contributed by atoms with Crippen molar-refractivity contribution < 1.29 is 17.9 Å². The highest BCUT2D eigenvalue weighted by Crippen LogP contribution is 2.28. The summed E-state index contributed by atoms with van der Waals surface area (Å²) in [5, 5.41) is 10.3. The lowest BCUT2D eigenvalue weighted by molar-refractivity contribution is -0.274. The fourth-order valence-electron chi connectivity index (χ4n) is 2.84. The molecule has 0 aliphatic carbocycles. The Bertz CT molecular complexity index is 1140. The molecule has 0 aliphatic rings. The van der Waals surface area contributed by atoms with Gasteiger partial charge in [0.15, 0.2) is 11.0 Å². The molecule has 29 heavy (non-hydrogen) atoms. The molecule has 0 saturated carbocycles. The van der Waals surface area contributed by atoms with Gasteiger partial charge in [-0.1, -0.05) is 30.0 Å². The largest absolute Gasteiger partial charge is 0.573 e. The number of alkyl halides is 3. The first kappa shape index (κ1) is 19.3. The van der Waals surface area contributed by atoms with E-state index in [0.29, 0.717) is 10.9 Å². The molecule has 4 rings (SSSR count). The summed E-state index contributed by atoms with van der Waals surface area (Å²) in [5.41, 5.74) is 2.69. The fourth-order valence-corrected chi connectivity index (χ4v) is 3.71. The van der Waals surface area contributed by atoms with Crippen LogP contribution in [0.1, 0.15) is 5.56 Å².